The van der Waals surface area contributed by atoms with Gasteiger partial charge in [0.2, 0.25) is 5.91 Å². The molecule has 4 heteroatoms. The predicted octanol–water partition coefficient (Wildman–Crippen LogP) is 2.79. The van der Waals surface area contributed by atoms with Gasteiger partial charge in [-0.25, -0.2) is 0 Å². The Balaban J connectivity index is 1.47. The number of piperidine rings is 1. The van der Waals surface area contributed by atoms with Gasteiger partial charge in [0.05, 0.1) is 5.60 Å². The Kier molecular flexibility index (Phi) is 3.64. The highest BCUT2D eigenvalue weighted by Gasteiger charge is 2.43. The summed E-state index contributed by atoms with van der Waals surface area (Å²) in [6, 6.07) is 10.2. The number of rotatable bonds is 2. The van der Waals surface area contributed by atoms with E-state index >= 15 is 0 Å². The van der Waals surface area contributed by atoms with Gasteiger partial charge in [0.1, 0.15) is 6.54 Å². The van der Waals surface area contributed by atoms with Gasteiger partial charge in [0, 0.05) is 30.7 Å². The van der Waals surface area contributed by atoms with Crippen LogP contribution in [0.25, 0.3) is 10.9 Å². The van der Waals surface area contributed by atoms with Crippen molar-refractivity contribution < 1.29 is 9.90 Å². The molecule has 0 bridgehead atoms. The second-order valence-corrected chi connectivity index (χ2v) is 7.14. The first-order valence-corrected chi connectivity index (χ1v) is 8.70. The van der Waals surface area contributed by atoms with E-state index in [4.69, 9.17) is 0 Å². The van der Waals surface area contributed by atoms with E-state index in [1.807, 2.05) is 27.8 Å². The molecule has 2 unspecified atom stereocenters. The zero-order valence-corrected chi connectivity index (χ0v) is 13.4. The number of hydrogen-bond acceptors (Lipinski definition) is 2. The van der Waals surface area contributed by atoms with Crippen LogP contribution in [0.5, 0.6) is 0 Å². The van der Waals surface area contributed by atoms with Crippen LogP contribution >= 0.6 is 0 Å². The van der Waals surface area contributed by atoms with Crippen molar-refractivity contribution in [3.05, 3.63) is 36.5 Å². The molecule has 4 nitrogen and oxygen atoms in total. The van der Waals surface area contributed by atoms with E-state index < -0.39 is 5.60 Å². The molecule has 122 valence electrons. The SMILES string of the molecule is O=C(Cn1ccc2ccccc21)N1CCC2(O)CCCCC2C1. The summed E-state index contributed by atoms with van der Waals surface area (Å²) in [5.41, 5.74) is 0.585. The third-order valence-corrected chi connectivity index (χ3v) is 5.77. The number of carbonyl (C=O) groups excluding carboxylic acids is 1. The highest BCUT2D eigenvalue weighted by molar-refractivity contribution is 5.83. The summed E-state index contributed by atoms with van der Waals surface area (Å²) < 4.78 is 2.03. The van der Waals surface area contributed by atoms with Gasteiger partial charge in [-0.2, -0.15) is 0 Å². The molecule has 2 fully saturated rings. The van der Waals surface area contributed by atoms with Crippen molar-refractivity contribution in [2.75, 3.05) is 13.1 Å². The molecule has 1 N–H and O–H groups in total. The molecule has 2 aliphatic rings. The second-order valence-electron chi connectivity index (χ2n) is 7.14. The Hall–Kier alpha value is -1.81. The minimum Gasteiger partial charge on any atom is -0.389 e. The van der Waals surface area contributed by atoms with Crippen LogP contribution in [0.3, 0.4) is 0 Å². The molecule has 2 aromatic rings. The summed E-state index contributed by atoms with van der Waals surface area (Å²) >= 11 is 0. The number of nitrogens with zero attached hydrogens (tertiary/aromatic N) is 2. The van der Waals surface area contributed by atoms with Crippen molar-refractivity contribution in [3.63, 3.8) is 0 Å². The predicted molar refractivity (Wildman–Crippen MR) is 90.0 cm³/mol. The third-order valence-electron chi connectivity index (χ3n) is 5.77. The lowest BCUT2D eigenvalue weighted by molar-refractivity contribution is -0.143. The standard InChI is InChI=1S/C19H24N2O2/c22-18(14-20-11-8-15-5-1-2-7-17(15)20)21-12-10-19(23)9-4-3-6-16(19)13-21/h1-2,5,7-8,11,16,23H,3-4,6,9-10,12-14H2. The summed E-state index contributed by atoms with van der Waals surface area (Å²) in [5.74, 6) is 0.425. The van der Waals surface area contributed by atoms with E-state index in [2.05, 4.69) is 18.2 Å². The maximum absolute atomic E-state index is 12.7. The lowest BCUT2D eigenvalue weighted by Gasteiger charge is -2.47. The van der Waals surface area contributed by atoms with E-state index in [9.17, 15) is 9.90 Å². The Morgan fingerprint density at radius 3 is 3.00 bits per heavy atom. The number of amides is 1. The van der Waals surface area contributed by atoms with Crippen LogP contribution in [0.15, 0.2) is 36.5 Å². The summed E-state index contributed by atoms with van der Waals surface area (Å²) in [6.45, 7) is 1.79. The number of para-hydroxylation sites is 1. The highest BCUT2D eigenvalue weighted by atomic mass is 16.3. The van der Waals surface area contributed by atoms with Crippen molar-refractivity contribution in [1.29, 1.82) is 0 Å². The van der Waals surface area contributed by atoms with Crippen molar-refractivity contribution in [3.8, 4) is 0 Å². The minimum absolute atomic E-state index is 0.166. The summed E-state index contributed by atoms with van der Waals surface area (Å²) in [4.78, 5) is 14.7. The van der Waals surface area contributed by atoms with Crippen LogP contribution in [-0.4, -0.2) is 39.2 Å². The zero-order chi connectivity index (χ0) is 15.9. The van der Waals surface area contributed by atoms with Crippen molar-refractivity contribution >= 4 is 16.8 Å². The van der Waals surface area contributed by atoms with E-state index in [0.717, 1.165) is 31.2 Å². The van der Waals surface area contributed by atoms with E-state index in [1.54, 1.807) is 0 Å². The maximum Gasteiger partial charge on any atom is 0.242 e. The number of aliphatic hydroxyl groups is 1. The molecule has 23 heavy (non-hydrogen) atoms. The van der Waals surface area contributed by atoms with Gasteiger partial charge >= 0.3 is 0 Å². The molecular weight excluding hydrogens is 288 g/mol. The molecule has 1 aliphatic heterocycles. The summed E-state index contributed by atoms with van der Waals surface area (Å²) in [7, 11) is 0. The largest absolute Gasteiger partial charge is 0.389 e. The van der Waals surface area contributed by atoms with Crippen LogP contribution in [-0.2, 0) is 11.3 Å². The lowest BCUT2D eigenvalue weighted by Crippen LogP contribution is -2.55. The van der Waals surface area contributed by atoms with E-state index in [1.165, 1.54) is 11.8 Å². The fourth-order valence-electron chi connectivity index (χ4n) is 4.32. The Bertz CT molecular complexity index is 723. The zero-order valence-electron chi connectivity index (χ0n) is 13.4. The number of aromatic nitrogens is 1. The minimum atomic E-state index is -0.519. The quantitative estimate of drug-likeness (QED) is 0.927. The van der Waals surface area contributed by atoms with Crippen LogP contribution in [0.4, 0.5) is 0 Å². The number of likely N-dealkylation sites (tertiary alicyclic amines) is 1. The first-order valence-electron chi connectivity index (χ1n) is 8.70. The average molecular weight is 312 g/mol. The van der Waals surface area contributed by atoms with Crippen LogP contribution in [0.2, 0.25) is 0 Å². The molecule has 0 radical (unpaired) electrons. The molecule has 1 aromatic heterocycles. The molecule has 1 saturated heterocycles. The molecule has 2 heterocycles. The monoisotopic (exact) mass is 312 g/mol. The van der Waals surface area contributed by atoms with Gasteiger partial charge in [0.15, 0.2) is 0 Å². The molecule has 0 spiro atoms. The average Bonchev–Trinajstić information content (AvgIpc) is 2.97. The normalized spacial score (nSPS) is 27.9. The van der Waals surface area contributed by atoms with Gasteiger partial charge in [0.25, 0.3) is 0 Å². The first-order chi connectivity index (χ1) is 11.2. The lowest BCUT2D eigenvalue weighted by atomic mass is 9.71. The van der Waals surface area contributed by atoms with Crippen molar-refractivity contribution in [2.45, 2.75) is 44.2 Å². The van der Waals surface area contributed by atoms with Gasteiger partial charge in [-0.1, -0.05) is 31.0 Å². The molecule has 4 rings (SSSR count). The Labute approximate surface area is 136 Å². The fraction of sp³-hybridized carbons (Fsp3) is 0.526. The number of benzene rings is 1. The number of hydrogen-bond donors (Lipinski definition) is 1. The third kappa shape index (κ3) is 2.65. The Morgan fingerprint density at radius 2 is 2.09 bits per heavy atom. The van der Waals surface area contributed by atoms with Gasteiger partial charge in [-0.3, -0.25) is 4.79 Å². The highest BCUT2D eigenvalue weighted by Crippen LogP contribution is 2.39. The second kappa shape index (κ2) is 5.68. The van der Waals surface area contributed by atoms with Crippen molar-refractivity contribution in [1.82, 2.24) is 9.47 Å². The molecule has 2 atom stereocenters. The summed E-state index contributed by atoms with van der Waals surface area (Å²) in [5, 5.41) is 11.9. The van der Waals surface area contributed by atoms with Crippen LogP contribution in [0.1, 0.15) is 32.1 Å². The molecule has 1 aliphatic carbocycles. The van der Waals surface area contributed by atoms with Gasteiger partial charge < -0.3 is 14.6 Å². The van der Waals surface area contributed by atoms with E-state index in [0.29, 0.717) is 19.6 Å². The fourth-order valence-corrected chi connectivity index (χ4v) is 4.32. The van der Waals surface area contributed by atoms with Crippen LogP contribution in [0, 0.1) is 5.92 Å². The molecule has 1 aromatic carbocycles. The molecule has 1 amide bonds. The topological polar surface area (TPSA) is 45.5 Å². The van der Waals surface area contributed by atoms with E-state index in [-0.39, 0.29) is 11.8 Å². The number of fused-ring (bicyclic) bond motifs is 2. The van der Waals surface area contributed by atoms with Gasteiger partial charge in [-0.15, -0.1) is 0 Å². The molecule has 1 saturated carbocycles. The molecular formula is C19H24N2O2. The van der Waals surface area contributed by atoms with Gasteiger partial charge in [-0.05, 0) is 36.8 Å². The number of carbonyl (C=O) groups is 1. The summed E-state index contributed by atoms with van der Waals surface area (Å²) in [6.07, 6.45) is 6.97. The Morgan fingerprint density at radius 1 is 1.22 bits per heavy atom. The van der Waals surface area contributed by atoms with Crippen LogP contribution < -0.4 is 0 Å². The van der Waals surface area contributed by atoms with Crippen molar-refractivity contribution in [2.24, 2.45) is 5.92 Å². The smallest absolute Gasteiger partial charge is 0.242 e. The maximum atomic E-state index is 12.7. The first kappa shape index (κ1) is 14.8.